The first-order valence-corrected chi connectivity index (χ1v) is 12.8. The Hall–Kier alpha value is -3.35. The van der Waals surface area contributed by atoms with Gasteiger partial charge in [0.1, 0.15) is 18.2 Å². The van der Waals surface area contributed by atoms with E-state index in [2.05, 4.69) is 10.6 Å². The number of nitrogens with zero attached hydrogens (tertiary/aromatic N) is 1. The number of ether oxygens (including phenoxy) is 1. The van der Waals surface area contributed by atoms with Crippen molar-refractivity contribution in [2.24, 2.45) is 0 Å². The van der Waals surface area contributed by atoms with Gasteiger partial charge in [-0.25, -0.2) is 4.79 Å². The summed E-state index contributed by atoms with van der Waals surface area (Å²) in [5.74, 6) is -0.677. The molecule has 2 N–H and O–H groups in total. The minimum atomic E-state index is -0.914. The summed E-state index contributed by atoms with van der Waals surface area (Å²) in [7, 11) is 0. The lowest BCUT2D eigenvalue weighted by molar-refractivity contribution is -0.145. The van der Waals surface area contributed by atoms with E-state index in [1.807, 2.05) is 84.9 Å². The molecule has 0 radical (unpaired) electrons. The molecule has 0 fully saturated rings. The molecule has 202 valence electrons. The number of anilines is 1. The van der Waals surface area contributed by atoms with E-state index in [0.29, 0.717) is 6.42 Å². The number of para-hydroxylation sites is 1. The Balaban J connectivity index is 2.59. The summed E-state index contributed by atoms with van der Waals surface area (Å²) in [6, 6.07) is 10.8. The second kappa shape index (κ2) is 11.8. The van der Waals surface area contributed by atoms with E-state index in [-0.39, 0.29) is 18.4 Å². The highest BCUT2D eigenvalue weighted by Crippen LogP contribution is 2.35. The maximum Gasteiger partial charge on any atom is 0.408 e. The molecule has 0 bridgehead atoms. The number of carbonyl (C=O) groups is 3. The van der Waals surface area contributed by atoms with Crippen LogP contribution in [0.15, 0.2) is 36.4 Å². The predicted octanol–water partition coefficient (Wildman–Crippen LogP) is 6.14. The van der Waals surface area contributed by atoms with Crippen LogP contribution in [0.5, 0.6) is 0 Å². The second-order valence-corrected chi connectivity index (χ2v) is 11.2. The lowest BCUT2D eigenvalue weighted by Crippen LogP contribution is -2.55. The van der Waals surface area contributed by atoms with Crippen LogP contribution in [0.3, 0.4) is 0 Å². The van der Waals surface area contributed by atoms with Crippen molar-refractivity contribution in [2.45, 2.75) is 92.8 Å². The number of nitrogens with one attached hydrogen (secondary N) is 2. The molecule has 0 aromatic heterocycles. The average molecular weight is 510 g/mol. The number of aryl methyl sites for hydroxylation is 4. The zero-order valence-electron chi connectivity index (χ0n) is 24.0. The summed E-state index contributed by atoms with van der Waals surface area (Å²) >= 11 is 0. The standard InChI is InChI=1S/C30H43N3O4/c1-11-30(9,10)33(23(34)18-31-28(36)37-29(6,7)8)26(24-19(2)14-12-15-20(24)3)27(35)32-25-21(4)16-13-17-22(25)5/h12-17,26H,11,18H2,1-10H3,(H,31,36)(H,32,35). The van der Waals surface area contributed by atoms with E-state index in [4.69, 9.17) is 4.74 Å². The summed E-state index contributed by atoms with van der Waals surface area (Å²) in [4.78, 5) is 41.9. The van der Waals surface area contributed by atoms with Crippen molar-refractivity contribution < 1.29 is 19.1 Å². The summed E-state index contributed by atoms with van der Waals surface area (Å²) < 4.78 is 5.32. The van der Waals surface area contributed by atoms with Crippen molar-refractivity contribution in [1.82, 2.24) is 10.2 Å². The number of benzene rings is 2. The van der Waals surface area contributed by atoms with Crippen LogP contribution in [0, 0.1) is 27.7 Å². The predicted molar refractivity (Wildman–Crippen MR) is 149 cm³/mol. The first-order valence-electron chi connectivity index (χ1n) is 12.8. The molecule has 2 aromatic rings. The number of rotatable bonds is 8. The number of hydrogen-bond acceptors (Lipinski definition) is 4. The summed E-state index contributed by atoms with van der Waals surface area (Å²) in [5.41, 5.74) is 3.82. The SMILES string of the molecule is CCC(C)(C)N(C(=O)CNC(=O)OC(C)(C)C)C(C(=O)Nc1c(C)cccc1C)c1c(C)cccc1C. The molecule has 0 saturated carbocycles. The Bertz CT molecular complexity index is 1110. The molecule has 3 amide bonds. The quantitative estimate of drug-likeness (QED) is 0.447. The average Bonchev–Trinajstić information content (AvgIpc) is 2.78. The fourth-order valence-electron chi connectivity index (χ4n) is 4.39. The molecule has 0 heterocycles. The van der Waals surface area contributed by atoms with E-state index < -0.39 is 23.3 Å². The van der Waals surface area contributed by atoms with Gasteiger partial charge in [-0.1, -0.05) is 43.3 Å². The Morgan fingerprint density at radius 3 is 1.81 bits per heavy atom. The highest BCUT2D eigenvalue weighted by Gasteiger charge is 2.41. The summed E-state index contributed by atoms with van der Waals surface area (Å²) in [6.45, 7) is 18.6. The maximum absolute atomic E-state index is 14.1. The molecule has 0 saturated heterocycles. The largest absolute Gasteiger partial charge is 0.444 e. The number of carbonyl (C=O) groups excluding carboxylic acids is 3. The van der Waals surface area contributed by atoms with Crippen LogP contribution in [-0.2, 0) is 14.3 Å². The number of alkyl carbamates (subject to hydrolysis) is 1. The van der Waals surface area contributed by atoms with Gasteiger partial charge in [0.2, 0.25) is 5.91 Å². The van der Waals surface area contributed by atoms with Crippen LogP contribution < -0.4 is 10.6 Å². The summed E-state index contributed by atoms with van der Waals surface area (Å²) in [6.07, 6.45) is -0.0813. The van der Waals surface area contributed by atoms with Gasteiger partial charge < -0.3 is 20.3 Å². The normalized spacial score (nSPS) is 12.5. The van der Waals surface area contributed by atoms with Crippen molar-refractivity contribution in [3.63, 3.8) is 0 Å². The van der Waals surface area contributed by atoms with Crippen molar-refractivity contribution in [3.8, 4) is 0 Å². The topological polar surface area (TPSA) is 87.7 Å². The lowest BCUT2D eigenvalue weighted by Gasteiger charge is -2.44. The zero-order valence-corrected chi connectivity index (χ0v) is 24.0. The Kier molecular flexibility index (Phi) is 9.53. The smallest absolute Gasteiger partial charge is 0.408 e. The van der Waals surface area contributed by atoms with Crippen LogP contribution in [0.1, 0.15) is 81.8 Å². The van der Waals surface area contributed by atoms with E-state index in [1.54, 1.807) is 25.7 Å². The van der Waals surface area contributed by atoms with Gasteiger partial charge in [-0.2, -0.15) is 0 Å². The third kappa shape index (κ3) is 7.57. The molecule has 37 heavy (non-hydrogen) atoms. The van der Waals surface area contributed by atoms with E-state index in [1.165, 1.54) is 0 Å². The maximum atomic E-state index is 14.1. The lowest BCUT2D eigenvalue weighted by atomic mass is 9.89. The van der Waals surface area contributed by atoms with Gasteiger partial charge in [0.05, 0.1) is 0 Å². The van der Waals surface area contributed by atoms with Crippen molar-refractivity contribution in [1.29, 1.82) is 0 Å². The Morgan fingerprint density at radius 2 is 1.35 bits per heavy atom. The highest BCUT2D eigenvalue weighted by molar-refractivity contribution is 6.00. The summed E-state index contributed by atoms with van der Waals surface area (Å²) in [5, 5.41) is 5.69. The minimum absolute atomic E-state index is 0.295. The van der Waals surface area contributed by atoms with E-state index >= 15 is 0 Å². The van der Waals surface area contributed by atoms with Crippen LogP contribution in [0.25, 0.3) is 0 Å². The molecule has 7 heteroatoms. The van der Waals surface area contributed by atoms with E-state index in [0.717, 1.165) is 33.5 Å². The van der Waals surface area contributed by atoms with Gasteiger partial charge in [0, 0.05) is 11.2 Å². The van der Waals surface area contributed by atoms with E-state index in [9.17, 15) is 14.4 Å². The number of hydrogen-bond donors (Lipinski definition) is 2. The number of amides is 3. The molecule has 1 unspecified atom stereocenters. The molecular formula is C30H43N3O4. The highest BCUT2D eigenvalue weighted by atomic mass is 16.6. The van der Waals surface area contributed by atoms with Crippen LogP contribution in [-0.4, -0.2) is 40.5 Å². The van der Waals surface area contributed by atoms with Crippen LogP contribution >= 0.6 is 0 Å². The third-order valence-electron chi connectivity index (χ3n) is 6.62. The van der Waals surface area contributed by atoms with Gasteiger partial charge in [0.15, 0.2) is 0 Å². The molecule has 2 rings (SSSR count). The molecule has 0 aliphatic heterocycles. The van der Waals surface area contributed by atoms with Gasteiger partial charge in [-0.3, -0.25) is 9.59 Å². The van der Waals surface area contributed by atoms with Crippen molar-refractivity contribution >= 4 is 23.6 Å². The molecular weight excluding hydrogens is 466 g/mol. The first-order chi connectivity index (χ1) is 17.1. The van der Waals surface area contributed by atoms with Crippen molar-refractivity contribution in [2.75, 3.05) is 11.9 Å². The van der Waals surface area contributed by atoms with Gasteiger partial charge in [-0.05, 0) is 96.6 Å². The van der Waals surface area contributed by atoms with Crippen molar-refractivity contribution in [3.05, 3.63) is 64.2 Å². The molecule has 0 spiro atoms. The molecule has 0 aliphatic carbocycles. The third-order valence-corrected chi connectivity index (χ3v) is 6.62. The molecule has 1 atom stereocenters. The van der Waals surface area contributed by atoms with Gasteiger partial charge in [0.25, 0.3) is 5.91 Å². The molecule has 2 aromatic carbocycles. The second-order valence-electron chi connectivity index (χ2n) is 11.2. The Labute approximate surface area is 222 Å². The van der Waals surface area contributed by atoms with Gasteiger partial charge >= 0.3 is 6.09 Å². The van der Waals surface area contributed by atoms with Crippen LogP contribution in [0.2, 0.25) is 0 Å². The van der Waals surface area contributed by atoms with Crippen LogP contribution in [0.4, 0.5) is 10.5 Å². The van der Waals surface area contributed by atoms with Gasteiger partial charge in [-0.15, -0.1) is 0 Å². The fourth-order valence-corrected chi connectivity index (χ4v) is 4.39. The fraction of sp³-hybridized carbons (Fsp3) is 0.500. The molecule has 7 nitrogen and oxygen atoms in total. The monoisotopic (exact) mass is 509 g/mol. The molecule has 0 aliphatic rings. The zero-order chi connectivity index (χ0) is 28.1. The minimum Gasteiger partial charge on any atom is -0.444 e. The Morgan fingerprint density at radius 1 is 0.865 bits per heavy atom. The first kappa shape index (κ1) is 29.9.